The third-order valence-electron chi connectivity index (χ3n) is 3.77. The third kappa shape index (κ3) is 3.07. The molecule has 0 spiro atoms. The van der Waals surface area contributed by atoms with Gasteiger partial charge in [0.1, 0.15) is 0 Å². The molecule has 104 valence electrons. The van der Waals surface area contributed by atoms with Crippen molar-refractivity contribution in [3.8, 4) is 0 Å². The first-order chi connectivity index (χ1) is 9.13. The molecule has 0 aromatic heterocycles. The lowest BCUT2D eigenvalue weighted by atomic mass is 9.95. The quantitative estimate of drug-likeness (QED) is 0.872. The Balaban J connectivity index is 2.20. The fourth-order valence-electron chi connectivity index (χ4n) is 2.74. The minimum atomic E-state index is -0.489. The van der Waals surface area contributed by atoms with Crippen LogP contribution in [0.4, 0.5) is 5.69 Å². The van der Waals surface area contributed by atoms with Crippen molar-refractivity contribution in [2.75, 3.05) is 25.0 Å². The molecule has 2 rings (SSSR count). The van der Waals surface area contributed by atoms with Crippen LogP contribution in [-0.4, -0.2) is 31.2 Å². The summed E-state index contributed by atoms with van der Waals surface area (Å²) in [6, 6.07) is 7.88. The predicted octanol–water partition coefficient (Wildman–Crippen LogP) is 1.70. The number of benzene rings is 1. The summed E-state index contributed by atoms with van der Waals surface area (Å²) in [4.78, 5) is 14.0. The average molecular weight is 262 g/mol. The molecule has 4 nitrogen and oxygen atoms in total. The number of amides is 1. The highest BCUT2D eigenvalue weighted by Gasteiger charge is 2.26. The second-order valence-electron chi connectivity index (χ2n) is 5.13. The highest BCUT2D eigenvalue weighted by atomic mass is 16.3. The molecule has 0 radical (unpaired) electrons. The Morgan fingerprint density at radius 3 is 2.89 bits per heavy atom. The van der Waals surface area contributed by atoms with Gasteiger partial charge in [0.05, 0.1) is 12.0 Å². The second-order valence-corrected chi connectivity index (χ2v) is 5.13. The fourth-order valence-corrected chi connectivity index (χ4v) is 2.74. The van der Waals surface area contributed by atoms with Crippen molar-refractivity contribution in [1.29, 1.82) is 0 Å². The van der Waals surface area contributed by atoms with Gasteiger partial charge in [-0.15, -0.1) is 0 Å². The molecule has 1 aliphatic rings. The topological polar surface area (TPSA) is 52.6 Å². The summed E-state index contributed by atoms with van der Waals surface area (Å²) in [6.45, 7) is 3.44. The van der Waals surface area contributed by atoms with E-state index in [0.717, 1.165) is 37.2 Å². The number of anilines is 1. The SMILES string of the molecule is CNC(=O)C1CCCN(c2ccccc2[C@H](C)O)C1. The lowest BCUT2D eigenvalue weighted by Gasteiger charge is -2.35. The van der Waals surface area contributed by atoms with E-state index < -0.39 is 6.10 Å². The Morgan fingerprint density at radius 1 is 1.47 bits per heavy atom. The van der Waals surface area contributed by atoms with Gasteiger partial charge in [0.25, 0.3) is 0 Å². The van der Waals surface area contributed by atoms with Crippen molar-refractivity contribution in [2.24, 2.45) is 5.92 Å². The van der Waals surface area contributed by atoms with E-state index in [4.69, 9.17) is 0 Å². The van der Waals surface area contributed by atoms with Crippen molar-refractivity contribution in [2.45, 2.75) is 25.9 Å². The van der Waals surface area contributed by atoms with Crippen molar-refractivity contribution in [3.05, 3.63) is 29.8 Å². The molecule has 1 heterocycles. The zero-order valence-corrected chi connectivity index (χ0v) is 11.6. The number of rotatable bonds is 3. The van der Waals surface area contributed by atoms with Gasteiger partial charge < -0.3 is 15.3 Å². The Hall–Kier alpha value is -1.55. The summed E-state index contributed by atoms with van der Waals surface area (Å²) in [7, 11) is 1.69. The van der Waals surface area contributed by atoms with E-state index in [1.165, 1.54) is 0 Å². The number of aliphatic hydroxyl groups is 1. The molecular formula is C15H22N2O2. The summed E-state index contributed by atoms with van der Waals surface area (Å²) in [5.74, 6) is 0.153. The smallest absolute Gasteiger partial charge is 0.224 e. The molecule has 0 saturated carbocycles. The number of piperidine rings is 1. The number of hydrogen-bond acceptors (Lipinski definition) is 3. The molecule has 1 unspecified atom stereocenters. The molecule has 1 fully saturated rings. The van der Waals surface area contributed by atoms with Gasteiger partial charge in [0.15, 0.2) is 0 Å². The van der Waals surface area contributed by atoms with Crippen LogP contribution in [0.25, 0.3) is 0 Å². The largest absolute Gasteiger partial charge is 0.389 e. The maximum absolute atomic E-state index is 11.8. The predicted molar refractivity (Wildman–Crippen MR) is 76.1 cm³/mol. The number of nitrogens with one attached hydrogen (secondary N) is 1. The molecule has 1 saturated heterocycles. The highest BCUT2D eigenvalue weighted by molar-refractivity contribution is 5.79. The van der Waals surface area contributed by atoms with E-state index in [2.05, 4.69) is 10.2 Å². The van der Waals surface area contributed by atoms with E-state index >= 15 is 0 Å². The van der Waals surface area contributed by atoms with E-state index in [9.17, 15) is 9.90 Å². The summed E-state index contributed by atoms with van der Waals surface area (Å²) < 4.78 is 0. The van der Waals surface area contributed by atoms with Crippen LogP contribution in [0, 0.1) is 5.92 Å². The van der Waals surface area contributed by atoms with Crippen LogP contribution in [0.2, 0.25) is 0 Å². The second kappa shape index (κ2) is 6.06. The van der Waals surface area contributed by atoms with Gasteiger partial charge in [0, 0.05) is 31.4 Å². The molecule has 1 aliphatic heterocycles. The van der Waals surface area contributed by atoms with Gasteiger partial charge in [-0.3, -0.25) is 4.79 Å². The Morgan fingerprint density at radius 2 is 2.21 bits per heavy atom. The average Bonchev–Trinajstić information content (AvgIpc) is 2.46. The first-order valence-corrected chi connectivity index (χ1v) is 6.87. The van der Waals surface area contributed by atoms with Crippen LogP contribution in [-0.2, 0) is 4.79 Å². The number of aliphatic hydroxyl groups excluding tert-OH is 1. The van der Waals surface area contributed by atoms with Crippen LogP contribution in [0.15, 0.2) is 24.3 Å². The zero-order chi connectivity index (χ0) is 13.8. The maximum atomic E-state index is 11.8. The number of nitrogens with zero attached hydrogens (tertiary/aromatic N) is 1. The monoisotopic (exact) mass is 262 g/mol. The number of hydrogen-bond donors (Lipinski definition) is 2. The summed E-state index contributed by atoms with van der Waals surface area (Å²) >= 11 is 0. The van der Waals surface area contributed by atoms with Gasteiger partial charge in [-0.2, -0.15) is 0 Å². The molecule has 4 heteroatoms. The maximum Gasteiger partial charge on any atom is 0.224 e. The fraction of sp³-hybridized carbons (Fsp3) is 0.533. The zero-order valence-electron chi connectivity index (χ0n) is 11.6. The molecule has 0 aliphatic carbocycles. The lowest BCUT2D eigenvalue weighted by molar-refractivity contribution is -0.124. The first kappa shape index (κ1) is 13.9. The Kier molecular flexibility index (Phi) is 4.43. The molecule has 1 amide bonds. The minimum absolute atomic E-state index is 0.0424. The van der Waals surface area contributed by atoms with Crippen molar-refractivity contribution < 1.29 is 9.90 Å². The number of para-hydroxylation sites is 1. The molecule has 0 bridgehead atoms. The van der Waals surface area contributed by atoms with Crippen molar-refractivity contribution in [3.63, 3.8) is 0 Å². The Labute approximate surface area is 114 Å². The van der Waals surface area contributed by atoms with Crippen LogP contribution >= 0.6 is 0 Å². The van der Waals surface area contributed by atoms with Gasteiger partial charge in [-0.05, 0) is 25.8 Å². The standard InChI is InChI=1S/C15H22N2O2/c1-11(18)13-7-3-4-8-14(13)17-9-5-6-12(10-17)15(19)16-2/h3-4,7-8,11-12,18H,5-6,9-10H2,1-2H3,(H,16,19)/t11-,12?/m0/s1. The summed E-state index contributed by atoms with van der Waals surface area (Å²) in [6.07, 6.45) is 1.45. The number of carbonyl (C=O) groups is 1. The van der Waals surface area contributed by atoms with Crippen LogP contribution in [0.5, 0.6) is 0 Å². The summed E-state index contributed by atoms with van der Waals surface area (Å²) in [5.41, 5.74) is 1.98. The molecule has 2 N–H and O–H groups in total. The van der Waals surface area contributed by atoms with Crippen LogP contribution in [0.3, 0.4) is 0 Å². The first-order valence-electron chi connectivity index (χ1n) is 6.87. The van der Waals surface area contributed by atoms with Gasteiger partial charge in [0.2, 0.25) is 5.91 Å². The van der Waals surface area contributed by atoms with Crippen molar-refractivity contribution in [1.82, 2.24) is 5.32 Å². The number of carbonyl (C=O) groups excluding carboxylic acids is 1. The molecular weight excluding hydrogens is 240 g/mol. The minimum Gasteiger partial charge on any atom is -0.389 e. The molecule has 19 heavy (non-hydrogen) atoms. The third-order valence-corrected chi connectivity index (χ3v) is 3.77. The van der Waals surface area contributed by atoms with E-state index in [0.29, 0.717) is 0 Å². The lowest BCUT2D eigenvalue weighted by Crippen LogP contribution is -2.42. The molecule has 1 aromatic carbocycles. The van der Waals surface area contributed by atoms with Gasteiger partial charge in [-0.1, -0.05) is 18.2 Å². The Bertz CT molecular complexity index is 446. The molecule has 1 aromatic rings. The van der Waals surface area contributed by atoms with E-state index in [-0.39, 0.29) is 11.8 Å². The molecule has 2 atom stereocenters. The van der Waals surface area contributed by atoms with Crippen LogP contribution in [0.1, 0.15) is 31.4 Å². The summed E-state index contributed by atoms with van der Waals surface area (Å²) in [5, 5.41) is 12.6. The van der Waals surface area contributed by atoms with E-state index in [1.54, 1.807) is 14.0 Å². The highest BCUT2D eigenvalue weighted by Crippen LogP contribution is 2.29. The van der Waals surface area contributed by atoms with Crippen LogP contribution < -0.4 is 10.2 Å². The van der Waals surface area contributed by atoms with Gasteiger partial charge in [-0.25, -0.2) is 0 Å². The van der Waals surface area contributed by atoms with Gasteiger partial charge >= 0.3 is 0 Å². The normalized spacial score (nSPS) is 21.0. The van der Waals surface area contributed by atoms with Crippen molar-refractivity contribution >= 4 is 11.6 Å². The van der Waals surface area contributed by atoms with E-state index in [1.807, 2.05) is 24.3 Å².